The largest absolute Gasteiger partial charge is 0.481 e. The Bertz CT molecular complexity index is 614. The molecule has 0 radical (unpaired) electrons. The highest BCUT2D eigenvalue weighted by atomic mass is 32.2. The zero-order valence-corrected chi connectivity index (χ0v) is 11.2. The van der Waals surface area contributed by atoms with E-state index in [0.29, 0.717) is 5.56 Å². The Morgan fingerprint density at radius 3 is 2.74 bits per heavy atom. The van der Waals surface area contributed by atoms with Gasteiger partial charge in [-0.1, -0.05) is 6.07 Å². The number of carboxylic acids is 1. The zero-order valence-electron chi connectivity index (χ0n) is 10.3. The van der Waals surface area contributed by atoms with Crippen molar-refractivity contribution >= 4 is 16.0 Å². The van der Waals surface area contributed by atoms with Gasteiger partial charge < -0.3 is 5.11 Å². The Morgan fingerprint density at radius 2 is 2.16 bits per heavy atom. The molecule has 19 heavy (non-hydrogen) atoms. The molecule has 1 aromatic carbocycles. The lowest BCUT2D eigenvalue weighted by Gasteiger charge is -2.17. The number of aliphatic carboxylic acids is 1. The number of hydrogen-bond acceptors (Lipinski definition) is 3. The van der Waals surface area contributed by atoms with E-state index < -0.39 is 27.7 Å². The van der Waals surface area contributed by atoms with Crippen molar-refractivity contribution in [2.75, 3.05) is 13.1 Å². The quantitative estimate of drug-likeness (QED) is 0.907. The molecule has 104 valence electrons. The number of benzene rings is 1. The van der Waals surface area contributed by atoms with Gasteiger partial charge in [-0.05, 0) is 31.0 Å². The Kier molecular flexibility index (Phi) is 3.60. The summed E-state index contributed by atoms with van der Waals surface area (Å²) < 4.78 is 39.0. The van der Waals surface area contributed by atoms with Crippen molar-refractivity contribution in [3.63, 3.8) is 0 Å². The fourth-order valence-electron chi connectivity index (χ4n) is 2.14. The van der Waals surface area contributed by atoms with E-state index in [-0.39, 0.29) is 24.4 Å². The maximum absolute atomic E-state index is 13.2. The molecule has 0 amide bonds. The lowest BCUT2D eigenvalue weighted by molar-refractivity contribution is -0.141. The van der Waals surface area contributed by atoms with Crippen LogP contribution in [0.1, 0.15) is 12.0 Å². The average Bonchev–Trinajstić information content (AvgIpc) is 2.82. The van der Waals surface area contributed by atoms with Crippen molar-refractivity contribution in [1.29, 1.82) is 0 Å². The predicted molar refractivity (Wildman–Crippen MR) is 65.6 cm³/mol. The summed E-state index contributed by atoms with van der Waals surface area (Å²) in [5.41, 5.74) is 0.445. The number of hydrogen-bond donors (Lipinski definition) is 1. The highest BCUT2D eigenvalue weighted by molar-refractivity contribution is 7.89. The molecule has 1 aliphatic rings. The number of rotatable bonds is 3. The van der Waals surface area contributed by atoms with E-state index in [0.717, 1.165) is 10.4 Å². The third kappa shape index (κ3) is 2.62. The van der Waals surface area contributed by atoms with Gasteiger partial charge in [-0.15, -0.1) is 0 Å². The first-order valence-corrected chi connectivity index (χ1v) is 7.25. The van der Waals surface area contributed by atoms with Crippen LogP contribution >= 0.6 is 0 Å². The second kappa shape index (κ2) is 4.90. The molecular weight excluding hydrogens is 273 g/mol. The molecular formula is C12H14FNO4S. The minimum Gasteiger partial charge on any atom is -0.481 e. The summed E-state index contributed by atoms with van der Waals surface area (Å²) in [6.45, 7) is 1.67. The van der Waals surface area contributed by atoms with Crippen LogP contribution in [0.25, 0.3) is 0 Å². The maximum Gasteiger partial charge on any atom is 0.307 e. The van der Waals surface area contributed by atoms with Crippen molar-refractivity contribution < 1.29 is 22.7 Å². The zero-order chi connectivity index (χ0) is 14.2. The second-order valence-corrected chi connectivity index (χ2v) is 6.50. The van der Waals surface area contributed by atoms with Gasteiger partial charge in [0.15, 0.2) is 0 Å². The minimum atomic E-state index is -3.83. The molecule has 1 saturated heterocycles. The van der Waals surface area contributed by atoms with Gasteiger partial charge in [0.2, 0.25) is 10.0 Å². The topological polar surface area (TPSA) is 74.7 Å². The standard InChI is InChI=1S/C12H14FNO4S/c1-8-2-3-10(13)6-11(8)19(17,18)14-5-4-9(7-14)12(15)16/h2-3,6,9H,4-5,7H2,1H3,(H,15,16). The number of aryl methyl sites for hydroxylation is 1. The van der Waals surface area contributed by atoms with Crippen molar-refractivity contribution in [3.8, 4) is 0 Å². The predicted octanol–water partition coefficient (Wildman–Crippen LogP) is 1.23. The fraction of sp³-hybridized carbons (Fsp3) is 0.417. The highest BCUT2D eigenvalue weighted by Crippen LogP contribution is 2.26. The molecule has 0 saturated carbocycles. The van der Waals surface area contributed by atoms with Gasteiger partial charge >= 0.3 is 5.97 Å². The summed E-state index contributed by atoms with van der Waals surface area (Å²) >= 11 is 0. The van der Waals surface area contributed by atoms with Crippen LogP contribution in [0.15, 0.2) is 23.1 Å². The maximum atomic E-state index is 13.2. The monoisotopic (exact) mass is 287 g/mol. The van der Waals surface area contributed by atoms with Crippen LogP contribution in [0.5, 0.6) is 0 Å². The first kappa shape index (κ1) is 14.0. The Morgan fingerprint density at radius 1 is 1.47 bits per heavy atom. The van der Waals surface area contributed by atoms with Gasteiger partial charge in [0.1, 0.15) is 5.82 Å². The van der Waals surface area contributed by atoms with Crippen LogP contribution in [0, 0.1) is 18.7 Å². The summed E-state index contributed by atoms with van der Waals surface area (Å²) in [6.07, 6.45) is 0.281. The van der Waals surface area contributed by atoms with E-state index in [4.69, 9.17) is 5.11 Å². The lowest BCUT2D eigenvalue weighted by Crippen LogP contribution is -2.30. The molecule has 1 unspecified atom stereocenters. The first-order chi connectivity index (χ1) is 8.82. The summed E-state index contributed by atoms with van der Waals surface area (Å²) in [5, 5.41) is 8.88. The van der Waals surface area contributed by atoms with Crippen molar-refractivity contribution in [2.45, 2.75) is 18.2 Å². The lowest BCUT2D eigenvalue weighted by atomic mass is 10.1. The minimum absolute atomic E-state index is 0.0619. The van der Waals surface area contributed by atoms with Crippen LogP contribution in [-0.4, -0.2) is 36.9 Å². The number of carboxylic acid groups (broad SMARTS) is 1. The van der Waals surface area contributed by atoms with Crippen LogP contribution in [-0.2, 0) is 14.8 Å². The van der Waals surface area contributed by atoms with Gasteiger partial charge in [0.25, 0.3) is 0 Å². The average molecular weight is 287 g/mol. The molecule has 1 atom stereocenters. The van der Waals surface area contributed by atoms with Gasteiger partial charge in [0, 0.05) is 13.1 Å². The first-order valence-electron chi connectivity index (χ1n) is 5.81. The SMILES string of the molecule is Cc1ccc(F)cc1S(=O)(=O)N1CCC(C(=O)O)C1. The molecule has 1 aromatic rings. The van der Waals surface area contributed by atoms with Gasteiger partial charge in [-0.2, -0.15) is 4.31 Å². The van der Waals surface area contributed by atoms with E-state index in [1.54, 1.807) is 6.92 Å². The second-order valence-electron chi connectivity index (χ2n) is 4.60. The fourth-order valence-corrected chi connectivity index (χ4v) is 3.88. The molecule has 0 bridgehead atoms. The van der Waals surface area contributed by atoms with Crippen molar-refractivity contribution in [3.05, 3.63) is 29.6 Å². The summed E-state index contributed by atoms with van der Waals surface area (Å²) in [7, 11) is -3.83. The van der Waals surface area contributed by atoms with Crippen LogP contribution < -0.4 is 0 Å². The Balaban J connectivity index is 2.33. The van der Waals surface area contributed by atoms with E-state index in [2.05, 4.69) is 0 Å². The number of nitrogens with zero attached hydrogens (tertiary/aromatic N) is 1. The smallest absolute Gasteiger partial charge is 0.307 e. The Labute approximate surface area is 110 Å². The molecule has 1 fully saturated rings. The number of sulfonamides is 1. The third-order valence-corrected chi connectivity index (χ3v) is 5.28. The molecule has 0 aromatic heterocycles. The van der Waals surface area contributed by atoms with Gasteiger partial charge in [-0.3, -0.25) is 4.79 Å². The van der Waals surface area contributed by atoms with E-state index in [1.165, 1.54) is 12.1 Å². The molecule has 1 N–H and O–H groups in total. The molecule has 1 aliphatic heterocycles. The molecule has 7 heteroatoms. The normalized spacial score (nSPS) is 20.6. The molecule has 5 nitrogen and oxygen atoms in total. The number of halogens is 1. The van der Waals surface area contributed by atoms with Crippen molar-refractivity contribution in [1.82, 2.24) is 4.31 Å². The molecule has 1 heterocycles. The van der Waals surface area contributed by atoms with Crippen molar-refractivity contribution in [2.24, 2.45) is 5.92 Å². The van der Waals surface area contributed by atoms with E-state index in [1.807, 2.05) is 0 Å². The van der Waals surface area contributed by atoms with E-state index >= 15 is 0 Å². The van der Waals surface area contributed by atoms with Gasteiger partial charge in [-0.25, -0.2) is 12.8 Å². The molecule has 0 spiro atoms. The Hall–Kier alpha value is -1.47. The number of carbonyl (C=O) groups is 1. The third-order valence-electron chi connectivity index (χ3n) is 3.27. The molecule has 2 rings (SSSR count). The van der Waals surface area contributed by atoms with Crippen LogP contribution in [0.2, 0.25) is 0 Å². The summed E-state index contributed by atoms with van der Waals surface area (Å²) in [5.74, 6) is -2.32. The van der Waals surface area contributed by atoms with Crippen LogP contribution in [0.4, 0.5) is 4.39 Å². The molecule has 0 aliphatic carbocycles. The van der Waals surface area contributed by atoms with Crippen LogP contribution in [0.3, 0.4) is 0 Å². The summed E-state index contributed by atoms with van der Waals surface area (Å²) in [6, 6.07) is 3.56. The summed E-state index contributed by atoms with van der Waals surface area (Å²) in [4.78, 5) is 10.8. The van der Waals surface area contributed by atoms with E-state index in [9.17, 15) is 17.6 Å². The van der Waals surface area contributed by atoms with Gasteiger partial charge in [0.05, 0.1) is 10.8 Å². The highest BCUT2D eigenvalue weighted by Gasteiger charge is 2.36.